The van der Waals surface area contributed by atoms with Crippen molar-refractivity contribution in [2.45, 2.75) is 26.3 Å². The number of hydrogen-bond acceptors (Lipinski definition) is 6. The maximum atomic E-state index is 12.1. The van der Waals surface area contributed by atoms with Crippen LogP contribution in [0.5, 0.6) is 0 Å². The van der Waals surface area contributed by atoms with Crippen molar-refractivity contribution in [3.05, 3.63) is 46.4 Å². The summed E-state index contributed by atoms with van der Waals surface area (Å²) in [5.41, 5.74) is -0.482. The Labute approximate surface area is 155 Å². The number of H-pyrrole nitrogens is 1. The lowest BCUT2D eigenvalue weighted by atomic mass is 9.99. The Bertz CT molecular complexity index is 904. The highest BCUT2D eigenvalue weighted by Crippen LogP contribution is 2.11. The van der Waals surface area contributed by atoms with Crippen LogP contribution >= 0.6 is 0 Å². The Balaban J connectivity index is 2.03. The quantitative estimate of drug-likeness (QED) is 0.708. The van der Waals surface area contributed by atoms with E-state index in [1.165, 1.54) is 13.2 Å². The molecular weight excluding hydrogens is 352 g/mol. The van der Waals surface area contributed by atoms with Crippen LogP contribution < -0.4 is 10.9 Å². The first-order valence-electron chi connectivity index (χ1n) is 8.53. The number of carbonyl (C=O) groups excluding carboxylic acids is 3. The second-order valence-corrected chi connectivity index (χ2v) is 6.13. The zero-order chi connectivity index (χ0) is 20.0. The Morgan fingerprint density at radius 1 is 1.22 bits per heavy atom. The summed E-state index contributed by atoms with van der Waals surface area (Å²) in [5, 5.41) is 3.53. The van der Waals surface area contributed by atoms with Crippen LogP contribution in [-0.4, -0.2) is 42.6 Å². The number of esters is 2. The molecule has 0 aliphatic carbocycles. The van der Waals surface area contributed by atoms with Crippen LogP contribution in [0.2, 0.25) is 0 Å². The van der Waals surface area contributed by atoms with Gasteiger partial charge in [-0.1, -0.05) is 38.5 Å². The van der Waals surface area contributed by atoms with Gasteiger partial charge in [-0.2, -0.15) is 0 Å². The molecule has 0 radical (unpaired) electrons. The molecule has 1 heterocycles. The summed E-state index contributed by atoms with van der Waals surface area (Å²) in [6, 6.07) is 7.44. The molecule has 0 saturated carbocycles. The Hall–Kier alpha value is -3.16. The minimum absolute atomic E-state index is 0.0575. The first kappa shape index (κ1) is 20.2. The van der Waals surface area contributed by atoms with E-state index in [1.54, 1.807) is 31.2 Å². The van der Waals surface area contributed by atoms with Gasteiger partial charge in [0.1, 0.15) is 11.7 Å². The molecular formula is C19H22N2O6. The first-order chi connectivity index (χ1) is 12.9. The van der Waals surface area contributed by atoms with Crippen molar-refractivity contribution in [1.82, 2.24) is 10.3 Å². The van der Waals surface area contributed by atoms with E-state index >= 15 is 0 Å². The molecule has 0 aliphatic rings. The zero-order valence-corrected chi connectivity index (χ0v) is 15.4. The van der Waals surface area contributed by atoms with E-state index in [4.69, 9.17) is 4.74 Å². The fourth-order valence-corrected chi connectivity index (χ4v) is 2.54. The van der Waals surface area contributed by atoms with E-state index < -0.39 is 36.1 Å². The number of rotatable bonds is 7. The van der Waals surface area contributed by atoms with Gasteiger partial charge in [0.05, 0.1) is 7.11 Å². The van der Waals surface area contributed by atoms with Gasteiger partial charge in [-0.3, -0.25) is 9.59 Å². The minimum Gasteiger partial charge on any atom is -0.467 e. The lowest BCUT2D eigenvalue weighted by Crippen LogP contribution is -2.47. The van der Waals surface area contributed by atoms with E-state index in [0.717, 1.165) is 0 Å². The number of nitrogens with one attached hydrogen (secondary N) is 2. The van der Waals surface area contributed by atoms with Gasteiger partial charge < -0.3 is 19.8 Å². The summed E-state index contributed by atoms with van der Waals surface area (Å²) in [7, 11) is 1.24. The van der Waals surface area contributed by atoms with Crippen molar-refractivity contribution in [2.75, 3.05) is 13.7 Å². The number of fused-ring (bicyclic) bond motifs is 1. The number of aromatic nitrogens is 1. The summed E-state index contributed by atoms with van der Waals surface area (Å²) < 4.78 is 9.63. The fourth-order valence-electron chi connectivity index (χ4n) is 2.54. The van der Waals surface area contributed by atoms with Gasteiger partial charge in [0.2, 0.25) is 0 Å². The highest BCUT2D eigenvalue weighted by Gasteiger charge is 2.27. The summed E-state index contributed by atoms with van der Waals surface area (Å²) in [6.45, 7) is 3.09. The van der Waals surface area contributed by atoms with Crippen LogP contribution in [0.1, 0.15) is 30.8 Å². The number of hydrogen-bond donors (Lipinski definition) is 2. The number of pyridine rings is 1. The van der Waals surface area contributed by atoms with Crippen molar-refractivity contribution in [1.29, 1.82) is 0 Å². The lowest BCUT2D eigenvalue weighted by Gasteiger charge is -2.21. The van der Waals surface area contributed by atoms with Crippen LogP contribution in [0, 0.1) is 5.92 Å². The third-order valence-corrected chi connectivity index (χ3v) is 4.29. The molecule has 2 aromatic rings. The number of methoxy groups -OCH3 is 1. The number of aromatic amines is 1. The second-order valence-electron chi connectivity index (χ2n) is 6.13. The van der Waals surface area contributed by atoms with Crippen LogP contribution in [0.25, 0.3) is 10.8 Å². The molecule has 0 saturated heterocycles. The van der Waals surface area contributed by atoms with Gasteiger partial charge in [0.15, 0.2) is 6.61 Å². The van der Waals surface area contributed by atoms with Crippen LogP contribution in [0.4, 0.5) is 0 Å². The lowest BCUT2D eigenvalue weighted by molar-refractivity contribution is -0.147. The van der Waals surface area contributed by atoms with Crippen LogP contribution in [0.15, 0.2) is 35.1 Å². The molecule has 0 spiro atoms. The molecule has 1 aromatic heterocycles. The van der Waals surface area contributed by atoms with Gasteiger partial charge in [-0.25, -0.2) is 9.59 Å². The van der Waals surface area contributed by atoms with Gasteiger partial charge in [-0.15, -0.1) is 0 Å². The topological polar surface area (TPSA) is 115 Å². The Morgan fingerprint density at radius 2 is 1.93 bits per heavy atom. The number of amides is 1. The van der Waals surface area contributed by atoms with Gasteiger partial charge >= 0.3 is 11.9 Å². The van der Waals surface area contributed by atoms with E-state index in [0.29, 0.717) is 17.2 Å². The second kappa shape index (κ2) is 8.98. The average molecular weight is 374 g/mol. The molecule has 2 N–H and O–H groups in total. The van der Waals surface area contributed by atoms with E-state index in [1.807, 2.05) is 6.92 Å². The summed E-state index contributed by atoms with van der Waals surface area (Å²) in [5.74, 6) is -2.19. The minimum atomic E-state index is -0.842. The van der Waals surface area contributed by atoms with Crippen molar-refractivity contribution in [3.8, 4) is 0 Å². The maximum absolute atomic E-state index is 12.1. The third kappa shape index (κ3) is 4.93. The largest absolute Gasteiger partial charge is 0.467 e. The van der Waals surface area contributed by atoms with Crippen molar-refractivity contribution in [2.24, 2.45) is 5.92 Å². The SMILES string of the molecule is CC[C@@H](C)[C@H](NC(=O)COC(=O)c1cc2ccccc2c(=O)[nH]1)C(=O)OC. The monoisotopic (exact) mass is 374 g/mol. The van der Waals surface area contributed by atoms with Gasteiger partial charge in [-0.05, 0) is 23.4 Å². The zero-order valence-electron chi connectivity index (χ0n) is 15.4. The van der Waals surface area contributed by atoms with Crippen LogP contribution in [0.3, 0.4) is 0 Å². The van der Waals surface area contributed by atoms with Gasteiger partial charge in [0, 0.05) is 5.39 Å². The predicted octanol–water partition coefficient (Wildman–Crippen LogP) is 1.39. The molecule has 144 valence electrons. The van der Waals surface area contributed by atoms with Crippen LogP contribution in [-0.2, 0) is 19.1 Å². The molecule has 1 amide bonds. The molecule has 2 atom stereocenters. The van der Waals surface area contributed by atoms with E-state index in [-0.39, 0.29) is 11.6 Å². The average Bonchev–Trinajstić information content (AvgIpc) is 2.68. The molecule has 27 heavy (non-hydrogen) atoms. The smallest absolute Gasteiger partial charge is 0.355 e. The van der Waals surface area contributed by atoms with Crippen molar-refractivity contribution >= 4 is 28.6 Å². The van der Waals surface area contributed by atoms with E-state index in [2.05, 4.69) is 15.0 Å². The molecule has 0 unspecified atom stereocenters. The molecule has 8 nitrogen and oxygen atoms in total. The first-order valence-corrected chi connectivity index (χ1v) is 8.53. The van der Waals surface area contributed by atoms with Crippen molar-refractivity contribution in [3.63, 3.8) is 0 Å². The molecule has 0 fully saturated rings. The number of carbonyl (C=O) groups is 3. The number of benzene rings is 1. The Morgan fingerprint density at radius 3 is 2.59 bits per heavy atom. The third-order valence-electron chi connectivity index (χ3n) is 4.29. The molecule has 2 rings (SSSR count). The summed E-state index contributed by atoms with van der Waals surface area (Å²) >= 11 is 0. The summed E-state index contributed by atoms with van der Waals surface area (Å²) in [6.07, 6.45) is 0.651. The molecule has 0 bridgehead atoms. The predicted molar refractivity (Wildman–Crippen MR) is 98.3 cm³/mol. The number of ether oxygens (including phenoxy) is 2. The Kier molecular flexibility index (Phi) is 6.70. The molecule has 1 aromatic carbocycles. The normalized spacial score (nSPS) is 12.9. The standard InChI is InChI=1S/C19H22N2O6/c1-4-11(2)16(19(25)26-3)21-15(22)10-27-18(24)14-9-12-7-5-6-8-13(12)17(23)20-14/h5-9,11,16H,4,10H2,1-3H3,(H,20,23)(H,21,22)/t11-,16+/m1/s1. The highest BCUT2D eigenvalue weighted by molar-refractivity contribution is 5.94. The molecule has 0 aliphatic heterocycles. The van der Waals surface area contributed by atoms with E-state index in [9.17, 15) is 19.2 Å². The highest BCUT2D eigenvalue weighted by atomic mass is 16.5. The molecule has 8 heteroatoms. The fraction of sp³-hybridized carbons (Fsp3) is 0.368. The summed E-state index contributed by atoms with van der Waals surface area (Å²) in [4.78, 5) is 50.4. The maximum Gasteiger partial charge on any atom is 0.355 e. The van der Waals surface area contributed by atoms with Crippen molar-refractivity contribution < 1.29 is 23.9 Å². The van der Waals surface area contributed by atoms with Gasteiger partial charge in [0.25, 0.3) is 11.5 Å².